The first-order valence-electron chi connectivity index (χ1n) is 21.0. The Labute approximate surface area is 305 Å². The molecular weight excluding hydrogens is 602 g/mol. The monoisotopic (exact) mass is 684 g/mol. The van der Waals surface area contributed by atoms with E-state index >= 15 is 0 Å². The number of hydrogen-bond acceptors (Lipinski definition) is 3. The van der Waals surface area contributed by atoms with Crippen molar-refractivity contribution < 1.29 is 15.0 Å². The Hall–Kier alpha value is -1.91. The number of carbonyl (C=O) groups excluding carboxylic acids is 1. The molecule has 2 unspecified atom stereocenters. The molecule has 0 spiro atoms. The number of allylic oxidation sites excluding steroid dienone is 9. The van der Waals surface area contributed by atoms with Crippen LogP contribution in [0.5, 0.6) is 0 Å². The van der Waals surface area contributed by atoms with E-state index < -0.39 is 12.1 Å². The number of amides is 1. The van der Waals surface area contributed by atoms with Crippen LogP contribution in [0.4, 0.5) is 0 Å². The number of unbranched alkanes of at least 4 members (excludes halogenated alkanes) is 22. The predicted octanol–water partition coefficient (Wildman–Crippen LogP) is 13.0. The van der Waals surface area contributed by atoms with Crippen molar-refractivity contribution in [3.8, 4) is 0 Å². The lowest BCUT2D eigenvalue weighted by Gasteiger charge is -2.19. The van der Waals surface area contributed by atoms with E-state index in [9.17, 15) is 15.0 Å². The van der Waals surface area contributed by atoms with Gasteiger partial charge in [-0.25, -0.2) is 0 Å². The van der Waals surface area contributed by atoms with Crippen LogP contribution in [0.2, 0.25) is 0 Å². The lowest BCUT2D eigenvalue weighted by atomic mass is 10.0. The van der Waals surface area contributed by atoms with Crippen LogP contribution in [-0.2, 0) is 4.79 Å². The maximum absolute atomic E-state index is 12.3. The first kappa shape index (κ1) is 47.1. The number of aliphatic hydroxyl groups excluding tert-OH is 2. The average Bonchev–Trinajstić information content (AvgIpc) is 3.10. The molecule has 0 saturated heterocycles. The second-order valence-electron chi connectivity index (χ2n) is 14.0. The third-order valence-corrected chi connectivity index (χ3v) is 9.23. The molecule has 2 atom stereocenters. The Kier molecular flexibility index (Phi) is 38.9. The Morgan fingerprint density at radius 1 is 0.510 bits per heavy atom. The summed E-state index contributed by atoms with van der Waals surface area (Å²) in [6.45, 7) is 4.16. The number of aliphatic hydroxyl groups is 2. The summed E-state index contributed by atoms with van der Waals surface area (Å²) >= 11 is 0. The summed E-state index contributed by atoms with van der Waals surface area (Å²) in [5.41, 5.74) is 0. The summed E-state index contributed by atoms with van der Waals surface area (Å²) in [6, 6.07) is -0.655. The zero-order chi connectivity index (χ0) is 35.7. The highest BCUT2D eigenvalue weighted by atomic mass is 16.3. The molecule has 0 aromatic rings. The number of carbonyl (C=O) groups is 1. The minimum Gasteiger partial charge on any atom is -0.394 e. The second-order valence-corrected chi connectivity index (χ2v) is 14.0. The highest BCUT2D eigenvalue weighted by molar-refractivity contribution is 5.76. The van der Waals surface area contributed by atoms with Gasteiger partial charge in [-0.05, 0) is 64.2 Å². The molecule has 0 rings (SSSR count). The van der Waals surface area contributed by atoms with Gasteiger partial charge in [0, 0.05) is 6.42 Å². The van der Waals surface area contributed by atoms with Gasteiger partial charge >= 0.3 is 0 Å². The van der Waals surface area contributed by atoms with E-state index in [1.807, 2.05) is 6.08 Å². The third-order valence-electron chi connectivity index (χ3n) is 9.23. The largest absolute Gasteiger partial charge is 0.394 e. The van der Waals surface area contributed by atoms with Crippen molar-refractivity contribution in [1.82, 2.24) is 5.32 Å². The molecule has 4 heteroatoms. The molecule has 1 amide bonds. The summed E-state index contributed by atoms with van der Waals surface area (Å²) in [6.07, 6.45) is 56.2. The zero-order valence-electron chi connectivity index (χ0n) is 32.4. The van der Waals surface area contributed by atoms with Gasteiger partial charge < -0.3 is 15.5 Å². The molecule has 0 aliphatic rings. The molecule has 0 saturated carbocycles. The molecule has 0 bridgehead atoms. The van der Waals surface area contributed by atoms with Gasteiger partial charge in [0.2, 0.25) is 5.91 Å². The summed E-state index contributed by atoms with van der Waals surface area (Å²) < 4.78 is 0. The molecule has 0 aromatic heterocycles. The molecule has 49 heavy (non-hydrogen) atoms. The van der Waals surface area contributed by atoms with Gasteiger partial charge in [0.25, 0.3) is 0 Å². The first-order chi connectivity index (χ1) is 24.2. The third kappa shape index (κ3) is 37.2. The topological polar surface area (TPSA) is 69.6 Å². The molecule has 4 nitrogen and oxygen atoms in total. The van der Waals surface area contributed by atoms with Gasteiger partial charge in [0.05, 0.1) is 18.8 Å². The molecule has 3 N–H and O–H groups in total. The van der Waals surface area contributed by atoms with E-state index in [0.29, 0.717) is 6.42 Å². The Bertz CT molecular complexity index is 827. The van der Waals surface area contributed by atoms with Crippen LogP contribution in [0, 0.1) is 0 Å². The van der Waals surface area contributed by atoms with Gasteiger partial charge in [-0.1, -0.05) is 190 Å². The van der Waals surface area contributed by atoms with E-state index in [1.165, 1.54) is 116 Å². The Morgan fingerprint density at radius 3 is 1.43 bits per heavy atom. The van der Waals surface area contributed by atoms with Gasteiger partial charge in [-0.15, -0.1) is 0 Å². The highest BCUT2D eigenvalue weighted by Gasteiger charge is 2.17. The molecule has 0 radical (unpaired) electrons. The molecule has 0 fully saturated rings. The van der Waals surface area contributed by atoms with Crippen molar-refractivity contribution in [3.05, 3.63) is 60.8 Å². The highest BCUT2D eigenvalue weighted by Crippen LogP contribution is 2.15. The van der Waals surface area contributed by atoms with Crippen molar-refractivity contribution in [2.75, 3.05) is 6.61 Å². The minimum absolute atomic E-state index is 0.105. The van der Waals surface area contributed by atoms with Crippen molar-refractivity contribution in [3.63, 3.8) is 0 Å². The van der Waals surface area contributed by atoms with E-state index in [-0.39, 0.29) is 12.5 Å². The molecule has 0 aliphatic heterocycles. The van der Waals surface area contributed by atoms with E-state index in [0.717, 1.165) is 64.2 Å². The van der Waals surface area contributed by atoms with Crippen LogP contribution in [-0.4, -0.2) is 34.9 Å². The van der Waals surface area contributed by atoms with E-state index in [1.54, 1.807) is 6.08 Å². The average molecular weight is 684 g/mol. The standard InChI is InChI=1S/C45H81NO3/c1-3-5-7-9-11-13-15-17-18-19-20-21-22-23-24-25-26-27-29-30-32-34-36-38-40-44(48)43(42-47)46-45(49)41-39-37-35-33-31-28-16-14-12-10-8-6-4-2/h6,8,12,14,28,30-32,38,40,43-44,47-48H,3-5,7,9-11,13,15-27,29,33-37,39,41-42H2,1-2H3,(H,46,49)/b8-6-,14-12-,31-28-,32-30+,40-38+. The molecule has 284 valence electrons. The fourth-order valence-electron chi connectivity index (χ4n) is 6.03. The van der Waals surface area contributed by atoms with Crippen LogP contribution in [0.3, 0.4) is 0 Å². The van der Waals surface area contributed by atoms with Crippen LogP contribution >= 0.6 is 0 Å². The second kappa shape index (κ2) is 40.5. The van der Waals surface area contributed by atoms with Crippen LogP contribution in [0.1, 0.15) is 200 Å². The van der Waals surface area contributed by atoms with Crippen LogP contribution in [0.15, 0.2) is 60.8 Å². The van der Waals surface area contributed by atoms with Gasteiger partial charge in [-0.2, -0.15) is 0 Å². The molecule has 0 aromatic carbocycles. The van der Waals surface area contributed by atoms with Crippen molar-refractivity contribution >= 4 is 5.91 Å². The first-order valence-corrected chi connectivity index (χ1v) is 21.0. The maximum Gasteiger partial charge on any atom is 0.220 e. The predicted molar refractivity (Wildman–Crippen MR) is 216 cm³/mol. The number of nitrogens with one attached hydrogen (secondary N) is 1. The minimum atomic E-state index is -0.875. The summed E-state index contributed by atoms with van der Waals surface area (Å²) in [7, 11) is 0. The quantitative estimate of drug-likeness (QED) is 0.0451. The number of hydrogen-bond donors (Lipinski definition) is 3. The lowest BCUT2D eigenvalue weighted by Crippen LogP contribution is -2.45. The molecule has 0 heterocycles. The fraction of sp³-hybridized carbons (Fsp3) is 0.756. The Morgan fingerprint density at radius 2 is 0.918 bits per heavy atom. The summed E-state index contributed by atoms with van der Waals surface area (Å²) in [5, 5.41) is 22.9. The van der Waals surface area contributed by atoms with E-state index in [4.69, 9.17) is 0 Å². The lowest BCUT2D eigenvalue weighted by molar-refractivity contribution is -0.123. The van der Waals surface area contributed by atoms with Crippen LogP contribution in [0.25, 0.3) is 0 Å². The Balaban J connectivity index is 3.63. The van der Waals surface area contributed by atoms with Gasteiger partial charge in [-0.3, -0.25) is 4.79 Å². The van der Waals surface area contributed by atoms with E-state index in [2.05, 4.69) is 67.8 Å². The van der Waals surface area contributed by atoms with Gasteiger partial charge in [0.15, 0.2) is 0 Å². The maximum atomic E-state index is 12.3. The normalized spacial score (nSPS) is 13.6. The van der Waals surface area contributed by atoms with Crippen molar-refractivity contribution in [2.45, 2.75) is 212 Å². The number of rotatable bonds is 37. The van der Waals surface area contributed by atoms with Crippen molar-refractivity contribution in [1.29, 1.82) is 0 Å². The van der Waals surface area contributed by atoms with Crippen molar-refractivity contribution in [2.24, 2.45) is 0 Å². The smallest absolute Gasteiger partial charge is 0.220 e. The summed E-state index contributed by atoms with van der Waals surface area (Å²) in [4.78, 5) is 12.3. The fourth-order valence-corrected chi connectivity index (χ4v) is 6.03. The molecule has 0 aliphatic carbocycles. The van der Waals surface area contributed by atoms with Crippen LogP contribution < -0.4 is 5.32 Å². The summed E-state index contributed by atoms with van der Waals surface area (Å²) in [5.74, 6) is -0.105. The zero-order valence-corrected chi connectivity index (χ0v) is 32.4. The van der Waals surface area contributed by atoms with Gasteiger partial charge in [0.1, 0.15) is 0 Å². The SMILES string of the molecule is CC/C=C\C/C=C\C/C=C\CCCCCC(=O)NC(CO)C(O)/C=C/CC/C=C/CCCCCCCCCCCCCCCCCCCC. The molecular formula is C45H81NO3.